The van der Waals surface area contributed by atoms with E-state index in [1.807, 2.05) is 32.2 Å². The molecule has 8 nitrogen and oxygen atoms in total. The molecule has 3 aromatic heterocycles. The molecule has 4 rings (SSSR count). The molecule has 0 saturated heterocycles. The molecule has 1 aliphatic rings. The molecule has 1 amide bonds. The maximum Gasteiger partial charge on any atom is 0.258 e. The third-order valence-corrected chi connectivity index (χ3v) is 4.83. The number of hydrogen-bond acceptors (Lipinski definition) is 6. The highest BCUT2D eigenvalue weighted by Crippen LogP contribution is 2.36. The molecule has 0 spiro atoms. The topological polar surface area (TPSA) is 94.0 Å². The van der Waals surface area contributed by atoms with Gasteiger partial charge in [-0.1, -0.05) is 0 Å². The number of anilines is 2. The van der Waals surface area contributed by atoms with Crippen LogP contribution in [0.15, 0.2) is 48.8 Å². The lowest BCUT2D eigenvalue weighted by Crippen LogP contribution is -2.08. The van der Waals surface area contributed by atoms with E-state index in [1.165, 1.54) is 0 Å². The number of methoxy groups -OCH3 is 1. The number of aryl methyl sites for hydroxylation is 1. The molecule has 8 heteroatoms. The van der Waals surface area contributed by atoms with Crippen LogP contribution in [0.5, 0.6) is 0 Å². The van der Waals surface area contributed by atoms with Crippen molar-refractivity contribution in [3.8, 4) is 11.3 Å². The van der Waals surface area contributed by atoms with Crippen LogP contribution < -0.4 is 10.6 Å². The van der Waals surface area contributed by atoms with Crippen molar-refractivity contribution in [2.45, 2.75) is 20.4 Å². The van der Waals surface area contributed by atoms with Crippen molar-refractivity contribution in [3.63, 3.8) is 0 Å². The Labute approximate surface area is 168 Å². The summed E-state index contributed by atoms with van der Waals surface area (Å²) in [5.74, 6) is -0.154. The van der Waals surface area contributed by atoms with Crippen molar-refractivity contribution in [1.82, 2.24) is 19.7 Å². The number of carbonyl (C=O) groups excluding carboxylic acids is 1. The van der Waals surface area contributed by atoms with E-state index in [0.29, 0.717) is 24.4 Å². The number of fused-ring (bicyclic) bond motifs is 1. The second-order valence-corrected chi connectivity index (χ2v) is 6.87. The van der Waals surface area contributed by atoms with Gasteiger partial charge in [-0.2, -0.15) is 5.10 Å². The molecule has 4 heterocycles. The smallest absolute Gasteiger partial charge is 0.258 e. The van der Waals surface area contributed by atoms with E-state index in [-0.39, 0.29) is 5.91 Å². The number of ether oxygens (including phenoxy) is 1. The second kappa shape index (κ2) is 7.84. The molecule has 148 valence electrons. The van der Waals surface area contributed by atoms with Gasteiger partial charge in [0.1, 0.15) is 0 Å². The lowest BCUT2D eigenvalue weighted by atomic mass is 10.0. The zero-order valence-corrected chi connectivity index (χ0v) is 16.6. The summed E-state index contributed by atoms with van der Waals surface area (Å²) >= 11 is 0. The van der Waals surface area contributed by atoms with E-state index < -0.39 is 0 Å². The Morgan fingerprint density at radius 2 is 2.14 bits per heavy atom. The van der Waals surface area contributed by atoms with E-state index in [0.717, 1.165) is 33.8 Å². The van der Waals surface area contributed by atoms with Crippen LogP contribution in [0.3, 0.4) is 0 Å². The summed E-state index contributed by atoms with van der Waals surface area (Å²) in [5, 5.41) is 10.5. The first-order valence-electron chi connectivity index (χ1n) is 9.29. The fourth-order valence-electron chi connectivity index (χ4n) is 3.33. The highest BCUT2D eigenvalue weighted by molar-refractivity contribution is 6.32. The number of carbonyl (C=O) groups is 1. The van der Waals surface area contributed by atoms with E-state index in [9.17, 15) is 4.79 Å². The van der Waals surface area contributed by atoms with Crippen LogP contribution in [0.25, 0.3) is 16.8 Å². The van der Waals surface area contributed by atoms with Gasteiger partial charge >= 0.3 is 0 Å². The first-order chi connectivity index (χ1) is 14.1. The molecule has 0 aliphatic carbocycles. The summed E-state index contributed by atoms with van der Waals surface area (Å²) in [7, 11) is 1.66. The highest BCUT2D eigenvalue weighted by Gasteiger charge is 2.27. The largest absolute Gasteiger partial charge is 0.383 e. The molecular weight excluding hydrogens is 368 g/mol. The first-order valence-corrected chi connectivity index (χ1v) is 9.29. The van der Waals surface area contributed by atoms with E-state index in [4.69, 9.17) is 4.74 Å². The molecule has 2 N–H and O–H groups in total. The van der Waals surface area contributed by atoms with Crippen molar-refractivity contribution < 1.29 is 9.53 Å². The van der Waals surface area contributed by atoms with E-state index in [2.05, 4.69) is 25.7 Å². The van der Waals surface area contributed by atoms with Crippen molar-refractivity contribution in [1.29, 1.82) is 0 Å². The van der Waals surface area contributed by atoms with Crippen LogP contribution in [0.2, 0.25) is 0 Å². The van der Waals surface area contributed by atoms with E-state index >= 15 is 0 Å². The number of hydrogen-bond donors (Lipinski definition) is 2. The Kier molecular flexibility index (Phi) is 5.09. The van der Waals surface area contributed by atoms with Crippen molar-refractivity contribution in [3.05, 3.63) is 59.9 Å². The molecule has 0 fully saturated rings. The van der Waals surface area contributed by atoms with Crippen LogP contribution in [0, 0.1) is 6.92 Å². The summed E-state index contributed by atoms with van der Waals surface area (Å²) in [5.41, 5.74) is 6.47. The average molecular weight is 390 g/mol. The molecule has 0 unspecified atom stereocenters. The molecule has 0 aromatic carbocycles. The monoisotopic (exact) mass is 390 g/mol. The van der Waals surface area contributed by atoms with E-state index in [1.54, 1.807) is 36.6 Å². The van der Waals surface area contributed by atoms with Crippen LogP contribution >= 0.6 is 0 Å². The van der Waals surface area contributed by atoms with Gasteiger partial charge in [0.05, 0.1) is 48.2 Å². The zero-order chi connectivity index (χ0) is 20.4. The third-order valence-electron chi connectivity index (χ3n) is 4.83. The Hall–Kier alpha value is -3.52. The van der Waals surface area contributed by atoms with Crippen molar-refractivity contribution in [2.24, 2.45) is 0 Å². The van der Waals surface area contributed by atoms with Gasteiger partial charge in [0, 0.05) is 42.5 Å². The summed E-state index contributed by atoms with van der Waals surface area (Å²) in [4.78, 5) is 21.3. The average Bonchev–Trinajstić information content (AvgIpc) is 3.29. The summed E-state index contributed by atoms with van der Waals surface area (Å²) < 4.78 is 6.86. The fraction of sp³-hybridized carbons (Fsp3) is 0.238. The molecule has 3 aromatic rings. The van der Waals surface area contributed by atoms with Gasteiger partial charge in [0.25, 0.3) is 5.91 Å². The van der Waals surface area contributed by atoms with Crippen molar-refractivity contribution >= 4 is 22.9 Å². The lowest BCUT2D eigenvalue weighted by Gasteiger charge is -2.09. The highest BCUT2D eigenvalue weighted by atomic mass is 16.5. The van der Waals surface area contributed by atoms with Crippen LogP contribution in [-0.2, 0) is 16.1 Å². The number of nitrogens with zero attached hydrogens (tertiary/aromatic N) is 4. The fourth-order valence-corrected chi connectivity index (χ4v) is 3.33. The molecular formula is C21H22N6O2. The zero-order valence-electron chi connectivity index (χ0n) is 16.6. The van der Waals surface area contributed by atoms with Crippen LogP contribution in [0.4, 0.5) is 11.4 Å². The number of amides is 1. The minimum Gasteiger partial charge on any atom is -0.383 e. The minimum absolute atomic E-state index is 0.154. The Balaban J connectivity index is 1.67. The molecule has 0 bridgehead atoms. The number of aromatic nitrogens is 4. The standard InChI is InChI=1S/C21H22N6O2/c1-13-4-5-22-10-17(13)18-8-16-19(11-23-18)26-21(28)20(16)14(2)25-15-9-24-27(12-15)6-7-29-3/h4-5,8-12,25H,6-7H2,1-3H3,(H,26,28)/b20-14-. The normalized spacial score (nSPS) is 14.5. The van der Waals surface area contributed by atoms with Crippen LogP contribution in [-0.4, -0.2) is 39.4 Å². The Morgan fingerprint density at radius 1 is 1.28 bits per heavy atom. The predicted octanol–water partition coefficient (Wildman–Crippen LogP) is 3.09. The van der Waals surface area contributed by atoms with Gasteiger partial charge in [0.15, 0.2) is 0 Å². The number of pyridine rings is 2. The molecule has 1 aliphatic heterocycles. The quantitative estimate of drug-likeness (QED) is 0.628. The Morgan fingerprint density at radius 3 is 2.93 bits per heavy atom. The number of allylic oxidation sites excluding steroid dienone is 1. The molecule has 29 heavy (non-hydrogen) atoms. The number of rotatable bonds is 6. The minimum atomic E-state index is -0.154. The molecule has 0 atom stereocenters. The number of nitrogens with one attached hydrogen (secondary N) is 2. The van der Waals surface area contributed by atoms with Gasteiger partial charge < -0.3 is 15.4 Å². The van der Waals surface area contributed by atoms with Gasteiger partial charge in [-0.15, -0.1) is 0 Å². The maximum atomic E-state index is 12.6. The Bertz CT molecular complexity index is 1100. The first kappa shape index (κ1) is 18.8. The van der Waals surface area contributed by atoms with Gasteiger partial charge in [-0.05, 0) is 31.5 Å². The molecule has 0 saturated carbocycles. The molecule has 0 radical (unpaired) electrons. The van der Waals surface area contributed by atoms with Gasteiger partial charge in [0.2, 0.25) is 0 Å². The van der Waals surface area contributed by atoms with Crippen molar-refractivity contribution in [2.75, 3.05) is 24.4 Å². The maximum absolute atomic E-state index is 12.6. The van der Waals surface area contributed by atoms with Crippen LogP contribution in [0.1, 0.15) is 18.1 Å². The second-order valence-electron chi connectivity index (χ2n) is 6.87. The SMILES string of the molecule is COCCn1cc(N/C(C)=C2\C(=O)Nc3cnc(-c4cnccc4C)cc32)cn1. The summed E-state index contributed by atoms with van der Waals surface area (Å²) in [6.07, 6.45) is 8.84. The summed E-state index contributed by atoms with van der Waals surface area (Å²) in [6, 6.07) is 3.87. The van der Waals surface area contributed by atoms with Gasteiger partial charge in [-0.25, -0.2) is 0 Å². The predicted molar refractivity (Wildman–Crippen MR) is 111 cm³/mol. The van der Waals surface area contributed by atoms with Gasteiger partial charge in [-0.3, -0.25) is 19.4 Å². The lowest BCUT2D eigenvalue weighted by molar-refractivity contribution is -0.110. The third kappa shape index (κ3) is 3.74. The summed E-state index contributed by atoms with van der Waals surface area (Å²) in [6.45, 7) is 5.14.